The van der Waals surface area contributed by atoms with E-state index in [1.165, 1.54) is 0 Å². The van der Waals surface area contributed by atoms with E-state index in [4.69, 9.17) is 0 Å². The van der Waals surface area contributed by atoms with Gasteiger partial charge in [-0.05, 0) is 50.9 Å². The van der Waals surface area contributed by atoms with E-state index >= 15 is 0 Å². The number of rotatable bonds is 7. The fourth-order valence-electron chi connectivity index (χ4n) is 2.39. The molecule has 0 spiro atoms. The normalized spacial score (nSPS) is 12.6. The molecule has 21 heavy (non-hydrogen) atoms. The van der Waals surface area contributed by atoms with Crippen LogP contribution in [0, 0.1) is 12.8 Å². The van der Waals surface area contributed by atoms with Crippen molar-refractivity contribution in [1.82, 2.24) is 9.62 Å². The zero-order chi connectivity index (χ0) is 16.2. The van der Waals surface area contributed by atoms with Gasteiger partial charge in [0.2, 0.25) is 10.0 Å². The Kier molecular flexibility index (Phi) is 6.38. The van der Waals surface area contributed by atoms with Crippen molar-refractivity contribution in [3.05, 3.63) is 29.3 Å². The molecule has 0 aliphatic rings. The molecular weight excluding hydrogens is 284 g/mol. The molecule has 0 bridgehead atoms. The first kappa shape index (κ1) is 18.1. The van der Waals surface area contributed by atoms with Crippen LogP contribution in [-0.4, -0.2) is 32.4 Å². The summed E-state index contributed by atoms with van der Waals surface area (Å²) >= 11 is 0. The molecule has 0 heterocycles. The summed E-state index contributed by atoms with van der Waals surface area (Å²) in [4.78, 5) is 0.421. The number of hydrogen-bond donors (Lipinski definition) is 1. The minimum Gasteiger partial charge on any atom is -0.316 e. The number of benzene rings is 1. The van der Waals surface area contributed by atoms with E-state index in [1.807, 2.05) is 53.8 Å². The molecule has 4 nitrogen and oxygen atoms in total. The minimum atomic E-state index is -3.46. The Hall–Kier alpha value is -0.910. The highest BCUT2D eigenvalue weighted by atomic mass is 32.2. The second-order valence-corrected chi connectivity index (χ2v) is 7.99. The van der Waals surface area contributed by atoms with Gasteiger partial charge in [0, 0.05) is 19.1 Å². The lowest BCUT2D eigenvalue weighted by Gasteiger charge is -2.28. The highest BCUT2D eigenvalue weighted by molar-refractivity contribution is 7.89. The molecule has 0 amide bonds. The molecule has 0 unspecified atom stereocenters. The van der Waals surface area contributed by atoms with Crippen molar-refractivity contribution in [3.63, 3.8) is 0 Å². The Morgan fingerprint density at radius 1 is 1.19 bits per heavy atom. The van der Waals surface area contributed by atoms with Gasteiger partial charge in [0.05, 0.1) is 4.90 Å². The van der Waals surface area contributed by atoms with Gasteiger partial charge in [-0.25, -0.2) is 8.42 Å². The molecule has 0 aliphatic heterocycles. The maximum Gasteiger partial charge on any atom is 0.243 e. The molecule has 0 saturated carbocycles. The predicted molar refractivity (Wildman–Crippen MR) is 87.8 cm³/mol. The van der Waals surface area contributed by atoms with Crippen LogP contribution in [0.25, 0.3) is 0 Å². The molecule has 0 atom stereocenters. The highest BCUT2D eigenvalue weighted by Crippen LogP contribution is 2.25. The average molecular weight is 312 g/mol. The summed E-state index contributed by atoms with van der Waals surface area (Å²) in [6.45, 7) is 11.0. The summed E-state index contributed by atoms with van der Waals surface area (Å²) in [6.07, 6.45) is 0. The largest absolute Gasteiger partial charge is 0.316 e. The third-order valence-corrected chi connectivity index (χ3v) is 5.66. The van der Waals surface area contributed by atoms with Crippen LogP contribution in [-0.2, 0) is 16.6 Å². The first-order chi connectivity index (χ1) is 9.71. The van der Waals surface area contributed by atoms with Crippen LogP contribution in [0.4, 0.5) is 0 Å². The molecule has 1 N–H and O–H groups in total. The van der Waals surface area contributed by atoms with Crippen molar-refractivity contribution in [2.24, 2.45) is 5.92 Å². The smallest absolute Gasteiger partial charge is 0.243 e. The number of sulfonamides is 1. The van der Waals surface area contributed by atoms with Crippen LogP contribution in [0.15, 0.2) is 23.1 Å². The van der Waals surface area contributed by atoms with Gasteiger partial charge >= 0.3 is 0 Å². The average Bonchev–Trinajstić information content (AvgIpc) is 2.37. The lowest BCUT2D eigenvalue weighted by molar-refractivity contribution is 0.318. The third kappa shape index (κ3) is 4.28. The molecule has 0 aromatic heterocycles. The quantitative estimate of drug-likeness (QED) is 0.842. The van der Waals surface area contributed by atoms with Gasteiger partial charge in [0.25, 0.3) is 0 Å². The Balaban J connectivity index is 3.31. The summed E-state index contributed by atoms with van der Waals surface area (Å²) in [5.41, 5.74) is 1.85. The molecule has 0 radical (unpaired) electrons. The zero-order valence-electron chi connectivity index (χ0n) is 14.0. The van der Waals surface area contributed by atoms with Gasteiger partial charge in [-0.3, -0.25) is 0 Å². The minimum absolute atomic E-state index is 0.0512. The first-order valence-corrected chi connectivity index (χ1v) is 8.90. The second kappa shape index (κ2) is 7.38. The SMILES string of the molecule is CNCc1cccc(S(=O)(=O)N(CC(C)C)C(C)C)c1C. The summed E-state index contributed by atoms with van der Waals surface area (Å²) in [6, 6.07) is 5.44. The third-order valence-electron chi connectivity index (χ3n) is 3.47. The number of nitrogens with zero attached hydrogens (tertiary/aromatic N) is 1. The van der Waals surface area contributed by atoms with Gasteiger partial charge in [-0.1, -0.05) is 26.0 Å². The van der Waals surface area contributed by atoms with E-state index in [9.17, 15) is 8.42 Å². The van der Waals surface area contributed by atoms with Gasteiger partial charge < -0.3 is 5.32 Å². The lowest BCUT2D eigenvalue weighted by atomic mass is 10.1. The predicted octanol–water partition coefficient (Wildman–Crippen LogP) is 2.77. The highest BCUT2D eigenvalue weighted by Gasteiger charge is 2.29. The van der Waals surface area contributed by atoms with E-state index in [2.05, 4.69) is 5.32 Å². The van der Waals surface area contributed by atoms with Crippen molar-refractivity contribution in [2.75, 3.05) is 13.6 Å². The van der Waals surface area contributed by atoms with Crippen LogP contribution in [0.2, 0.25) is 0 Å². The molecule has 0 saturated heterocycles. The van der Waals surface area contributed by atoms with Crippen molar-refractivity contribution in [3.8, 4) is 0 Å². The van der Waals surface area contributed by atoms with Crippen LogP contribution in [0.5, 0.6) is 0 Å². The standard InChI is InChI=1S/C16H28N2O2S/c1-12(2)11-18(13(3)4)21(19,20)16-9-7-8-15(10-17-6)14(16)5/h7-9,12-13,17H,10-11H2,1-6H3. The van der Waals surface area contributed by atoms with E-state index in [1.54, 1.807) is 10.4 Å². The first-order valence-electron chi connectivity index (χ1n) is 7.46. The van der Waals surface area contributed by atoms with Gasteiger partial charge in [0.15, 0.2) is 0 Å². The lowest BCUT2D eigenvalue weighted by Crippen LogP contribution is -2.39. The van der Waals surface area contributed by atoms with Crippen molar-refractivity contribution >= 4 is 10.0 Å². The van der Waals surface area contributed by atoms with Gasteiger partial charge in [-0.15, -0.1) is 0 Å². The summed E-state index contributed by atoms with van der Waals surface area (Å²) < 4.78 is 27.6. The number of nitrogens with one attached hydrogen (secondary N) is 1. The maximum absolute atomic E-state index is 13.0. The van der Waals surface area contributed by atoms with E-state index in [-0.39, 0.29) is 6.04 Å². The molecular formula is C16H28N2O2S. The fourth-order valence-corrected chi connectivity index (χ4v) is 4.46. The molecule has 0 aliphatic carbocycles. The summed E-state index contributed by atoms with van der Waals surface area (Å²) in [5.74, 6) is 0.294. The van der Waals surface area contributed by atoms with E-state index in [0.29, 0.717) is 23.9 Å². The Bertz CT molecular complexity index is 566. The summed E-state index contributed by atoms with van der Waals surface area (Å²) in [7, 11) is -1.60. The number of hydrogen-bond acceptors (Lipinski definition) is 3. The molecule has 1 aromatic carbocycles. The van der Waals surface area contributed by atoms with Gasteiger partial charge in [-0.2, -0.15) is 4.31 Å². The van der Waals surface area contributed by atoms with Crippen molar-refractivity contribution in [1.29, 1.82) is 0 Å². The topological polar surface area (TPSA) is 49.4 Å². The molecule has 1 aromatic rings. The van der Waals surface area contributed by atoms with Crippen molar-refractivity contribution < 1.29 is 8.42 Å². The monoisotopic (exact) mass is 312 g/mol. The maximum atomic E-state index is 13.0. The van der Waals surface area contributed by atoms with Crippen molar-refractivity contribution in [2.45, 2.75) is 52.1 Å². The van der Waals surface area contributed by atoms with Crippen LogP contribution in [0.1, 0.15) is 38.8 Å². The Morgan fingerprint density at radius 2 is 1.81 bits per heavy atom. The second-order valence-electron chi connectivity index (χ2n) is 6.13. The van der Waals surface area contributed by atoms with Crippen LogP contribution >= 0.6 is 0 Å². The van der Waals surface area contributed by atoms with E-state index < -0.39 is 10.0 Å². The van der Waals surface area contributed by atoms with Crippen LogP contribution < -0.4 is 5.32 Å². The zero-order valence-corrected chi connectivity index (χ0v) is 14.8. The molecule has 0 fully saturated rings. The van der Waals surface area contributed by atoms with Gasteiger partial charge in [0.1, 0.15) is 0 Å². The molecule has 120 valence electrons. The van der Waals surface area contributed by atoms with Crippen LogP contribution in [0.3, 0.4) is 0 Å². The Labute approximate surface area is 129 Å². The molecule has 5 heteroatoms. The fraction of sp³-hybridized carbons (Fsp3) is 0.625. The molecule has 1 rings (SSSR count). The summed E-state index contributed by atoms with van der Waals surface area (Å²) in [5, 5.41) is 3.08. The Morgan fingerprint density at radius 3 is 2.29 bits per heavy atom. The van der Waals surface area contributed by atoms with E-state index in [0.717, 1.165) is 11.1 Å².